The Morgan fingerprint density at radius 3 is 2.70 bits per heavy atom. The zero-order chi connectivity index (χ0) is 20.9. The molecule has 150 valence electrons. The lowest BCUT2D eigenvalue weighted by atomic mass is 9.86. The highest BCUT2D eigenvalue weighted by molar-refractivity contribution is 8.02. The molecule has 1 aliphatic heterocycles. The van der Waals surface area contributed by atoms with Gasteiger partial charge >= 0.3 is 0 Å². The smallest absolute Gasteiger partial charge is 0.225 e. The number of para-hydroxylation sites is 1. The van der Waals surface area contributed by atoms with Crippen LogP contribution < -0.4 is 10.1 Å². The van der Waals surface area contributed by atoms with Crippen LogP contribution in [0.5, 0.6) is 5.75 Å². The molecule has 4 rings (SSSR count). The minimum atomic E-state index is -0.304. The number of carbonyl (C=O) groups is 1. The molecule has 1 atom stereocenters. The van der Waals surface area contributed by atoms with Crippen molar-refractivity contribution in [2.24, 2.45) is 0 Å². The van der Waals surface area contributed by atoms with E-state index in [0.717, 1.165) is 11.3 Å². The van der Waals surface area contributed by atoms with Gasteiger partial charge in [0.05, 0.1) is 23.3 Å². The van der Waals surface area contributed by atoms with Gasteiger partial charge in [-0.25, -0.2) is 0 Å². The molecule has 3 aromatic rings. The molecule has 5 heteroatoms. The molecule has 0 fully saturated rings. The van der Waals surface area contributed by atoms with E-state index < -0.39 is 0 Å². The number of benzene rings is 3. The van der Waals surface area contributed by atoms with Gasteiger partial charge in [0.2, 0.25) is 5.91 Å². The maximum Gasteiger partial charge on any atom is 0.225 e. The molecule has 4 nitrogen and oxygen atoms in total. The summed E-state index contributed by atoms with van der Waals surface area (Å²) in [6.07, 6.45) is 0.241. The topological polar surface area (TPSA) is 62.1 Å². The number of carbonyl (C=O) groups excluding carboxylic acids is 1. The summed E-state index contributed by atoms with van der Waals surface area (Å²) in [6, 6.07) is 24.5. The fourth-order valence-electron chi connectivity index (χ4n) is 3.82. The normalized spacial score (nSPS) is 16.3. The molecule has 30 heavy (non-hydrogen) atoms. The Balaban J connectivity index is 1.67. The quantitative estimate of drug-likeness (QED) is 0.578. The number of amides is 1. The third-order valence-corrected chi connectivity index (χ3v) is 6.27. The Morgan fingerprint density at radius 2 is 1.87 bits per heavy atom. The number of nitriles is 1. The second kappa shape index (κ2) is 9.06. The van der Waals surface area contributed by atoms with E-state index in [2.05, 4.69) is 35.7 Å². The van der Waals surface area contributed by atoms with Crippen LogP contribution in [0, 0.1) is 11.3 Å². The zero-order valence-corrected chi connectivity index (χ0v) is 17.5. The summed E-state index contributed by atoms with van der Waals surface area (Å²) >= 11 is 1.50. The molecule has 0 saturated carbocycles. The molecule has 1 aliphatic rings. The molecule has 1 unspecified atom stereocenters. The molecule has 0 bridgehead atoms. The number of hydrogen-bond donors (Lipinski definition) is 1. The van der Waals surface area contributed by atoms with Gasteiger partial charge < -0.3 is 10.1 Å². The van der Waals surface area contributed by atoms with Crippen molar-refractivity contribution in [3.63, 3.8) is 0 Å². The average molecular weight is 415 g/mol. The van der Waals surface area contributed by atoms with Gasteiger partial charge in [-0.1, -0.05) is 60.7 Å². The Hall–Kier alpha value is -3.23. The number of nitrogens with zero attached hydrogens (tertiary/aromatic N) is 1. The van der Waals surface area contributed by atoms with E-state index in [4.69, 9.17) is 4.74 Å². The lowest BCUT2D eigenvalue weighted by Gasteiger charge is -2.26. The molecule has 0 spiro atoms. The minimum absolute atomic E-state index is 0.0780. The first-order valence-corrected chi connectivity index (χ1v) is 10.9. The van der Waals surface area contributed by atoms with Crippen molar-refractivity contribution < 1.29 is 9.53 Å². The van der Waals surface area contributed by atoms with Crippen molar-refractivity contribution in [2.75, 3.05) is 6.61 Å². The molecule has 1 amide bonds. The second-order valence-corrected chi connectivity index (χ2v) is 8.04. The molecule has 1 N–H and O–H groups in total. The van der Waals surface area contributed by atoms with E-state index in [1.165, 1.54) is 28.1 Å². The predicted octanol–water partition coefficient (Wildman–Crippen LogP) is 5.51. The molecule has 0 aromatic heterocycles. The summed E-state index contributed by atoms with van der Waals surface area (Å²) in [7, 11) is 0. The van der Waals surface area contributed by atoms with Crippen LogP contribution in [0.15, 0.2) is 77.3 Å². The Morgan fingerprint density at radius 1 is 1.10 bits per heavy atom. The standard InChI is InChI=1S/C25H22N2O2S/c1-2-29-23-13-6-5-12-20(23)21-14-24(28)27-25(22(21)15-26)30-16-18-10-7-9-17-8-3-4-11-19(17)18/h3-13,21H,2,14,16H2,1H3,(H,27,28). The van der Waals surface area contributed by atoms with E-state index in [1.54, 1.807) is 0 Å². The van der Waals surface area contributed by atoms with E-state index >= 15 is 0 Å². The van der Waals surface area contributed by atoms with Crippen LogP contribution in [0.4, 0.5) is 0 Å². The van der Waals surface area contributed by atoms with Gasteiger partial charge in [0, 0.05) is 23.7 Å². The number of hydrogen-bond acceptors (Lipinski definition) is 4. The summed E-state index contributed by atoms with van der Waals surface area (Å²) in [5, 5.41) is 15.9. The number of fused-ring (bicyclic) bond motifs is 1. The van der Waals surface area contributed by atoms with Gasteiger partial charge in [-0.15, -0.1) is 11.8 Å². The van der Waals surface area contributed by atoms with Crippen LogP contribution in [-0.2, 0) is 10.5 Å². The minimum Gasteiger partial charge on any atom is -0.494 e. The highest BCUT2D eigenvalue weighted by Crippen LogP contribution is 2.40. The first-order valence-electron chi connectivity index (χ1n) is 9.96. The van der Waals surface area contributed by atoms with Crippen LogP contribution in [0.3, 0.4) is 0 Å². The summed E-state index contributed by atoms with van der Waals surface area (Å²) < 4.78 is 5.76. The van der Waals surface area contributed by atoms with Crippen molar-refractivity contribution in [1.29, 1.82) is 5.26 Å². The second-order valence-electron chi connectivity index (χ2n) is 7.06. The molecule has 0 aliphatic carbocycles. The van der Waals surface area contributed by atoms with Crippen LogP contribution in [0.25, 0.3) is 10.8 Å². The van der Waals surface area contributed by atoms with Gasteiger partial charge in [-0.05, 0) is 29.3 Å². The lowest BCUT2D eigenvalue weighted by molar-refractivity contribution is -0.120. The fourth-order valence-corrected chi connectivity index (χ4v) is 4.90. The summed E-state index contributed by atoms with van der Waals surface area (Å²) in [6.45, 7) is 2.46. The number of thioether (sulfide) groups is 1. The largest absolute Gasteiger partial charge is 0.494 e. The summed E-state index contributed by atoms with van der Waals surface area (Å²) in [5.41, 5.74) is 2.65. The molecular weight excluding hydrogens is 392 g/mol. The van der Waals surface area contributed by atoms with Crippen molar-refractivity contribution in [2.45, 2.75) is 25.0 Å². The van der Waals surface area contributed by atoms with Gasteiger partial charge in [0.25, 0.3) is 0 Å². The zero-order valence-electron chi connectivity index (χ0n) is 16.7. The van der Waals surface area contributed by atoms with Crippen LogP contribution in [-0.4, -0.2) is 12.5 Å². The molecule has 1 heterocycles. The molecule has 0 radical (unpaired) electrons. The van der Waals surface area contributed by atoms with Crippen molar-refractivity contribution in [3.05, 3.63) is 88.5 Å². The Bertz CT molecular complexity index is 1160. The van der Waals surface area contributed by atoms with E-state index in [9.17, 15) is 10.1 Å². The Kier molecular flexibility index (Phi) is 6.06. The Labute approximate surface area is 180 Å². The highest BCUT2D eigenvalue weighted by atomic mass is 32.2. The first-order chi connectivity index (χ1) is 14.7. The number of rotatable bonds is 6. The molecule has 0 saturated heterocycles. The average Bonchev–Trinajstić information content (AvgIpc) is 2.78. The van der Waals surface area contributed by atoms with Crippen molar-refractivity contribution in [3.8, 4) is 11.8 Å². The van der Waals surface area contributed by atoms with E-state index in [0.29, 0.717) is 23.0 Å². The predicted molar refractivity (Wildman–Crippen MR) is 121 cm³/mol. The SMILES string of the molecule is CCOc1ccccc1C1CC(=O)NC(SCc2cccc3ccccc23)=C1C#N. The van der Waals surface area contributed by atoms with Gasteiger partial charge in [-0.2, -0.15) is 5.26 Å². The van der Waals surface area contributed by atoms with E-state index in [1.807, 2.05) is 49.4 Å². The monoisotopic (exact) mass is 414 g/mol. The fraction of sp³-hybridized carbons (Fsp3) is 0.200. The molecular formula is C25H22N2O2S. The van der Waals surface area contributed by atoms with Gasteiger partial charge in [-0.3, -0.25) is 4.79 Å². The van der Waals surface area contributed by atoms with E-state index in [-0.39, 0.29) is 18.2 Å². The number of ether oxygens (including phenoxy) is 1. The van der Waals surface area contributed by atoms with Crippen molar-refractivity contribution in [1.82, 2.24) is 5.32 Å². The van der Waals surface area contributed by atoms with Crippen LogP contribution >= 0.6 is 11.8 Å². The highest BCUT2D eigenvalue weighted by Gasteiger charge is 2.31. The van der Waals surface area contributed by atoms with Crippen LogP contribution in [0.1, 0.15) is 30.4 Å². The number of nitrogens with one attached hydrogen (secondary N) is 1. The van der Waals surface area contributed by atoms with Gasteiger partial charge in [0.15, 0.2) is 0 Å². The number of allylic oxidation sites excluding steroid dienone is 1. The maximum absolute atomic E-state index is 12.5. The first kappa shape index (κ1) is 20.1. The lowest BCUT2D eigenvalue weighted by Crippen LogP contribution is -2.31. The molecule has 3 aromatic carbocycles. The van der Waals surface area contributed by atoms with Gasteiger partial charge in [0.1, 0.15) is 5.75 Å². The third-order valence-electron chi connectivity index (χ3n) is 5.20. The maximum atomic E-state index is 12.5. The summed E-state index contributed by atoms with van der Waals surface area (Å²) in [4.78, 5) is 12.5. The van der Waals surface area contributed by atoms with Crippen LogP contribution in [0.2, 0.25) is 0 Å². The van der Waals surface area contributed by atoms with Crippen molar-refractivity contribution >= 4 is 28.4 Å². The third kappa shape index (κ3) is 4.05. The summed E-state index contributed by atoms with van der Waals surface area (Å²) in [5.74, 6) is 1.01.